The van der Waals surface area contributed by atoms with Gasteiger partial charge in [-0.3, -0.25) is 0 Å². The minimum atomic E-state index is -0.283. The molecule has 3 aromatic carbocycles. The molecule has 0 N–H and O–H groups in total. The van der Waals surface area contributed by atoms with E-state index in [0.29, 0.717) is 23.8 Å². The molecule has 0 heterocycles. The van der Waals surface area contributed by atoms with Crippen LogP contribution in [0.2, 0.25) is 0 Å². The zero-order valence-electron chi connectivity index (χ0n) is 19.5. The van der Waals surface area contributed by atoms with Gasteiger partial charge in [0.25, 0.3) is 0 Å². The molecule has 1 saturated carbocycles. The lowest BCUT2D eigenvalue weighted by atomic mass is 9.73. The molecule has 1 fully saturated rings. The predicted molar refractivity (Wildman–Crippen MR) is 132 cm³/mol. The van der Waals surface area contributed by atoms with Gasteiger partial charge in [-0.25, -0.2) is 4.79 Å². The number of methoxy groups -OCH3 is 1. The number of carbonyl (C=O) groups is 2. The quantitative estimate of drug-likeness (QED) is 0.329. The molecular formula is C30H30O4. The molecule has 2 aliphatic carbocycles. The number of benzene rings is 3. The number of hydrogen-bond acceptors (Lipinski definition) is 4. The van der Waals surface area contributed by atoms with Crippen LogP contribution in [0.25, 0.3) is 11.1 Å². The molecule has 34 heavy (non-hydrogen) atoms. The highest BCUT2D eigenvalue weighted by Gasteiger charge is 2.47. The van der Waals surface area contributed by atoms with E-state index in [0.717, 1.165) is 48.8 Å². The highest BCUT2D eigenvalue weighted by Crippen LogP contribution is 2.49. The predicted octanol–water partition coefficient (Wildman–Crippen LogP) is 5.92. The van der Waals surface area contributed by atoms with E-state index in [4.69, 9.17) is 9.47 Å². The van der Waals surface area contributed by atoms with Gasteiger partial charge in [-0.05, 0) is 83.9 Å². The Morgan fingerprint density at radius 3 is 2.44 bits per heavy atom. The number of aldehydes is 1. The minimum Gasteiger partial charge on any atom is -0.496 e. The van der Waals surface area contributed by atoms with Crippen LogP contribution in [0.3, 0.4) is 0 Å². The molecule has 1 unspecified atom stereocenters. The van der Waals surface area contributed by atoms with E-state index in [1.807, 2.05) is 54.6 Å². The van der Waals surface area contributed by atoms with Gasteiger partial charge in [0.1, 0.15) is 18.1 Å². The van der Waals surface area contributed by atoms with Crippen molar-refractivity contribution < 1.29 is 19.1 Å². The number of carbonyl (C=O) groups excluding carboxylic acids is 2. The third kappa shape index (κ3) is 4.37. The lowest BCUT2D eigenvalue weighted by Crippen LogP contribution is -2.29. The summed E-state index contributed by atoms with van der Waals surface area (Å²) in [6.45, 7) is 0. The first kappa shape index (κ1) is 22.4. The summed E-state index contributed by atoms with van der Waals surface area (Å²) in [6.07, 6.45) is 4.78. The zero-order valence-corrected chi connectivity index (χ0v) is 19.5. The SMILES string of the molecule is COc1cccc2c1C[C@H]1C[C@@H](OC(=O)c3ccc(-c4ccccc4)cc3)C(CCC=O)[C@H]1C2. The van der Waals surface area contributed by atoms with Gasteiger partial charge in [0.2, 0.25) is 0 Å². The Kier molecular flexibility index (Phi) is 6.48. The van der Waals surface area contributed by atoms with Crippen LogP contribution in [0.5, 0.6) is 5.75 Å². The number of hydrogen-bond donors (Lipinski definition) is 0. The van der Waals surface area contributed by atoms with Gasteiger partial charge < -0.3 is 14.3 Å². The van der Waals surface area contributed by atoms with Gasteiger partial charge in [-0.15, -0.1) is 0 Å². The Morgan fingerprint density at radius 1 is 0.941 bits per heavy atom. The smallest absolute Gasteiger partial charge is 0.338 e. The van der Waals surface area contributed by atoms with Crippen molar-refractivity contribution in [1.29, 1.82) is 0 Å². The van der Waals surface area contributed by atoms with Gasteiger partial charge in [0.15, 0.2) is 0 Å². The Hall–Kier alpha value is -3.40. The summed E-state index contributed by atoms with van der Waals surface area (Å²) in [5, 5.41) is 0. The fourth-order valence-electron chi connectivity index (χ4n) is 6.00. The molecule has 0 radical (unpaired) electrons. The van der Waals surface area contributed by atoms with Crippen molar-refractivity contribution in [2.24, 2.45) is 17.8 Å². The van der Waals surface area contributed by atoms with Crippen molar-refractivity contribution in [2.45, 2.75) is 38.2 Å². The second-order valence-electron chi connectivity index (χ2n) is 9.46. The van der Waals surface area contributed by atoms with Gasteiger partial charge in [-0.2, -0.15) is 0 Å². The molecule has 2 aliphatic rings. The maximum absolute atomic E-state index is 13.1. The van der Waals surface area contributed by atoms with E-state index in [9.17, 15) is 9.59 Å². The number of esters is 1. The second-order valence-corrected chi connectivity index (χ2v) is 9.46. The van der Waals surface area contributed by atoms with Crippen LogP contribution in [0.1, 0.15) is 40.7 Å². The minimum absolute atomic E-state index is 0.170. The largest absolute Gasteiger partial charge is 0.496 e. The molecule has 0 spiro atoms. The van der Waals surface area contributed by atoms with Crippen molar-refractivity contribution >= 4 is 12.3 Å². The molecule has 3 aromatic rings. The topological polar surface area (TPSA) is 52.6 Å². The lowest BCUT2D eigenvalue weighted by Gasteiger charge is -2.32. The summed E-state index contributed by atoms with van der Waals surface area (Å²) >= 11 is 0. The Morgan fingerprint density at radius 2 is 1.71 bits per heavy atom. The van der Waals surface area contributed by atoms with Crippen LogP contribution < -0.4 is 4.74 Å². The molecule has 0 aliphatic heterocycles. The number of ether oxygens (including phenoxy) is 2. The van der Waals surface area contributed by atoms with Crippen LogP contribution in [0, 0.1) is 17.8 Å². The van der Waals surface area contributed by atoms with Gasteiger partial charge in [-0.1, -0.05) is 54.6 Å². The molecule has 0 aromatic heterocycles. The van der Waals surface area contributed by atoms with Gasteiger partial charge >= 0.3 is 5.97 Å². The average Bonchev–Trinajstić information content (AvgIpc) is 3.21. The number of rotatable bonds is 7. The molecule has 174 valence electrons. The van der Waals surface area contributed by atoms with Gasteiger partial charge in [0.05, 0.1) is 12.7 Å². The van der Waals surface area contributed by atoms with E-state index in [2.05, 4.69) is 18.2 Å². The summed E-state index contributed by atoms with van der Waals surface area (Å²) in [5.74, 6) is 1.70. The van der Waals surface area contributed by atoms with E-state index in [1.165, 1.54) is 11.1 Å². The molecule has 5 rings (SSSR count). The Balaban J connectivity index is 1.33. The van der Waals surface area contributed by atoms with Crippen molar-refractivity contribution in [2.75, 3.05) is 7.11 Å². The van der Waals surface area contributed by atoms with E-state index in [-0.39, 0.29) is 18.0 Å². The third-order valence-corrected chi connectivity index (χ3v) is 7.64. The van der Waals surface area contributed by atoms with Crippen molar-refractivity contribution in [3.8, 4) is 16.9 Å². The van der Waals surface area contributed by atoms with E-state index in [1.54, 1.807) is 7.11 Å². The fourth-order valence-corrected chi connectivity index (χ4v) is 6.00. The summed E-state index contributed by atoms with van der Waals surface area (Å²) < 4.78 is 11.7. The fraction of sp³-hybridized carbons (Fsp3) is 0.333. The molecular weight excluding hydrogens is 424 g/mol. The maximum atomic E-state index is 13.1. The highest BCUT2D eigenvalue weighted by molar-refractivity contribution is 5.90. The zero-order chi connectivity index (χ0) is 23.5. The monoisotopic (exact) mass is 454 g/mol. The summed E-state index contributed by atoms with van der Waals surface area (Å²) in [7, 11) is 1.72. The second kappa shape index (κ2) is 9.84. The van der Waals surface area contributed by atoms with Crippen LogP contribution in [0.15, 0.2) is 72.8 Å². The van der Waals surface area contributed by atoms with Gasteiger partial charge in [0, 0.05) is 6.42 Å². The van der Waals surface area contributed by atoms with Crippen LogP contribution >= 0.6 is 0 Å². The van der Waals surface area contributed by atoms with Crippen molar-refractivity contribution in [3.05, 3.63) is 89.5 Å². The number of fused-ring (bicyclic) bond motifs is 2. The molecule has 0 amide bonds. The summed E-state index contributed by atoms with van der Waals surface area (Å²) in [6, 6.07) is 24.0. The summed E-state index contributed by atoms with van der Waals surface area (Å²) in [5.41, 5.74) is 5.35. The first-order valence-electron chi connectivity index (χ1n) is 12.1. The lowest BCUT2D eigenvalue weighted by molar-refractivity contribution is -0.108. The average molecular weight is 455 g/mol. The highest BCUT2D eigenvalue weighted by atomic mass is 16.5. The first-order chi connectivity index (χ1) is 16.7. The van der Waals surface area contributed by atoms with Crippen molar-refractivity contribution in [3.63, 3.8) is 0 Å². The van der Waals surface area contributed by atoms with Crippen LogP contribution in [-0.2, 0) is 22.4 Å². The third-order valence-electron chi connectivity index (χ3n) is 7.64. The van der Waals surface area contributed by atoms with E-state index >= 15 is 0 Å². The molecule has 0 saturated heterocycles. The first-order valence-corrected chi connectivity index (χ1v) is 12.1. The molecule has 0 bridgehead atoms. The molecule has 4 heteroatoms. The Labute approximate surface area is 200 Å². The normalized spacial score (nSPS) is 23.0. The van der Waals surface area contributed by atoms with E-state index < -0.39 is 0 Å². The molecule has 4 atom stereocenters. The maximum Gasteiger partial charge on any atom is 0.338 e. The van der Waals surface area contributed by atoms with Crippen LogP contribution in [-0.4, -0.2) is 25.5 Å². The summed E-state index contributed by atoms with van der Waals surface area (Å²) in [4.78, 5) is 24.3. The van der Waals surface area contributed by atoms with Crippen LogP contribution in [0.4, 0.5) is 0 Å². The standard InChI is InChI=1S/C30H30O4/c1-33-28-11-5-9-23-17-26-24(18-27(23)28)19-29(25(26)10-6-16-31)34-30(32)22-14-12-21(13-15-22)20-7-3-2-4-8-20/h2-5,7-9,11-16,24-26,29H,6,10,17-19H2,1H3/t24-,25?,26-,29+/m0/s1. The Bertz CT molecular complexity index is 1150. The van der Waals surface area contributed by atoms with Crippen molar-refractivity contribution in [1.82, 2.24) is 0 Å². The molecule has 4 nitrogen and oxygen atoms in total.